The number of carboxylic acid groups (broad SMARTS) is 1. The summed E-state index contributed by atoms with van der Waals surface area (Å²) in [7, 11) is 0. The van der Waals surface area contributed by atoms with Crippen LogP contribution in [-0.2, 0) is 11.3 Å². The van der Waals surface area contributed by atoms with Gasteiger partial charge in [0.05, 0.1) is 12.1 Å². The Bertz CT molecular complexity index is 1030. The van der Waals surface area contributed by atoms with Gasteiger partial charge in [-0.2, -0.15) is 0 Å². The summed E-state index contributed by atoms with van der Waals surface area (Å²) in [6, 6.07) is 22.7. The number of hydrogen-bond acceptors (Lipinski definition) is 2. The molecule has 154 valence electrons. The quantitative estimate of drug-likeness (QED) is 0.497. The van der Waals surface area contributed by atoms with Crippen molar-refractivity contribution >= 4 is 17.6 Å². The highest BCUT2D eigenvalue weighted by molar-refractivity contribution is 5.96. The lowest BCUT2D eigenvalue weighted by atomic mass is 9.94. The number of para-hydroxylation sites is 1. The van der Waals surface area contributed by atoms with Gasteiger partial charge in [-0.1, -0.05) is 67.9 Å². The molecule has 0 saturated carbocycles. The van der Waals surface area contributed by atoms with Crippen molar-refractivity contribution in [3.8, 4) is 11.1 Å². The molecule has 0 spiro atoms. The number of carbonyl (C=O) groups excluding carboxylic acids is 1. The Morgan fingerprint density at radius 2 is 1.60 bits per heavy atom. The minimum absolute atomic E-state index is 0.112. The predicted molar refractivity (Wildman–Crippen MR) is 121 cm³/mol. The second-order valence-electron chi connectivity index (χ2n) is 7.42. The number of unbranched alkanes of at least 4 members (excludes halogenated alkanes) is 1. The van der Waals surface area contributed by atoms with Crippen molar-refractivity contribution in [2.45, 2.75) is 39.7 Å². The molecule has 3 rings (SSSR count). The number of carbonyl (C=O) groups is 2. The summed E-state index contributed by atoms with van der Waals surface area (Å²) in [6.45, 7) is 4.54. The normalized spacial score (nSPS) is 10.6. The van der Waals surface area contributed by atoms with Crippen molar-refractivity contribution in [1.29, 1.82) is 0 Å². The lowest BCUT2D eigenvalue weighted by molar-refractivity contribution is -0.118. The zero-order valence-corrected chi connectivity index (χ0v) is 17.5. The number of anilines is 1. The van der Waals surface area contributed by atoms with Crippen LogP contribution in [0.5, 0.6) is 0 Å². The molecule has 4 heteroatoms. The number of amides is 1. The fourth-order valence-electron chi connectivity index (χ4n) is 3.61. The smallest absolute Gasteiger partial charge is 0.336 e. The molecule has 0 fully saturated rings. The summed E-state index contributed by atoms with van der Waals surface area (Å²) in [6.07, 6.45) is 2.37. The molecule has 1 N–H and O–H groups in total. The highest BCUT2D eigenvalue weighted by atomic mass is 16.4. The average Bonchev–Trinajstić information content (AvgIpc) is 2.76. The van der Waals surface area contributed by atoms with Crippen LogP contribution in [-0.4, -0.2) is 17.0 Å². The van der Waals surface area contributed by atoms with Crippen LogP contribution in [0.2, 0.25) is 0 Å². The number of aryl methyl sites for hydroxylation is 1. The zero-order valence-electron chi connectivity index (χ0n) is 17.5. The summed E-state index contributed by atoms with van der Waals surface area (Å²) >= 11 is 0. The number of hydrogen-bond donors (Lipinski definition) is 1. The van der Waals surface area contributed by atoms with Gasteiger partial charge in [-0.25, -0.2) is 4.79 Å². The van der Waals surface area contributed by atoms with Crippen molar-refractivity contribution < 1.29 is 14.7 Å². The Kier molecular flexibility index (Phi) is 7.02. The van der Waals surface area contributed by atoms with Crippen LogP contribution in [0.4, 0.5) is 5.69 Å². The van der Waals surface area contributed by atoms with E-state index in [2.05, 4.69) is 6.92 Å². The molecule has 3 aromatic rings. The maximum Gasteiger partial charge on any atom is 0.336 e. The second kappa shape index (κ2) is 9.88. The van der Waals surface area contributed by atoms with E-state index in [0.717, 1.165) is 35.2 Å². The van der Waals surface area contributed by atoms with Crippen LogP contribution in [0.25, 0.3) is 11.1 Å². The van der Waals surface area contributed by atoms with Gasteiger partial charge in [0, 0.05) is 12.1 Å². The third-order valence-electron chi connectivity index (χ3n) is 5.19. The van der Waals surface area contributed by atoms with Crippen LogP contribution in [0, 0.1) is 6.92 Å². The number of nitrogens with zero attached hydrogens (tertiary/aromatic N) is 1. The van der Waals surface area contributed by atoms with Crippen LogP contribution in [0.15, 0.2) is 72.8 Å². The highest BCUT2D eigenvalue weighted by Gasteiger charge is 2.17. The van der Waals surface area contributed by atoms with Crippen LogP contribution in [0.1, 0.15) is 47.7 Å². The van der Waals surface area contributed by atoms with E-state index in [9.17, 15) is 14.7 Å². The summed E-state index contributed by atoms with van der Waals surface area (Å²) in [5.41, 5.74) is 4.76. The van der Waals surface area contributed by atoms with Crippen molar-refractivity contribution in [3.05, 3.63) is 89.5 Å². The molecule has 0 aliphatic carbocycles. The lowest BCUT2D eigenvalue weighted by Crippen LogP contribution is -2.30. The first kappa shape index (κ1) is 21.3. The molecule has 1 amide bonds. The highest BCUT2D eigenvalue weighted by Crippen LogP contribution is 2.29. The summed E-state index contributed by atoms with van der Waals surface area (Å²) in [5, 5.41) is 9.51. The van der Waals surface area contributed by atoms with Crippen LogP contribution < -0.4 is 4.90 Å². The van der Waals surface area contributed by atoms with Gasteiger partial charge in [0.1, 0.15) is 0 Å². The first-order valence-corrected chi connectivity index (χ1v) is 10.3. The molecule has 0 radical (unpaired) electrons. The third kappa shape index (κ3) is 4.95. The monoisotopic (exact) mass is 401 g/mol. The number of benzene rings is 3. The van der Waals surface area contributed by atoms with Gasteiger partial charge in [0.15, 0.2) is 0 Å². The molecule has 4 nitrogen and oxygen atoms in total. The van der Waals surface area contributed by atoms with E-state index in [1.54, 1.807) is 12.1 Å². The van der Waals surface area contributed by atoms with Gasteiger partial charge in [0.25, 0.3) is 0 Å². The zero-order chi connectivity index (χ0) is 21.5. The number of aromatic carboxylic acids is 1. The molecule has 0 aliphatic rings. The van der Waals surface area contributed by atoms with E-state index < -0.39 is 5.97 Å². The van der Waals surface area contributed by atoms with Gasteiger partial charge in [-0.05, 0) is 53.8 Å². The van der Waals surface area contributed by atoms with Crippen molar-refractivity contribution in [2.24, 2.45) is 0 Å². The molecular formula is C26H27NO3. The molecular weight excluding hydrogens is 374 g/mol. The molecule has 0 atom stereocenters. The summed E-state index contributed by atoms with van der Waals surface area (Å²) in [5.74, 6) is -0.827. The van der Waals surface area contributed by atoms with Crippen molar-refractivity contribution in [1.82, 2.24) is 0 Å². The summed E-state index contributed by atoms with van der Waals surface area (Å²) in [4.78, 5) is 26.3. The van der Waals surface area contributed by atoms with Gasteiger partial charge in [0.2, 0.25) is 5.91 Å². The molecule has 0 saturated heterocycles. The van der Waals surface area contributed by atoms with Crippen LogP contribution in [0.3, 0.4) is 0 Å². The van der Waals surface area contributed by atoms with Gasteiger partial charge in [-0.15, -0.1) is 0 Å². The number of rotatable bonds is 8. The third-order valence-corrected chi connectivity index (χ3v) is 5.19. The van der Waals surface area contributed by atoms with E-state index in [0.29, 0.717) is 18.5 Å². The summed E-state index contributed by atoms with van der Waals surface area (Å²) < 4.78 is 0. The van der Waals surface area contributed by atoms with E-state index in [1.165, 1.54) is 0 Å². The van der Waals surface area contributed by atoms with Crippen LogP contribution >= 0.6 is 0 Å². The largest absolute Gasteiger partial charge is 0.478 e. The maximum absolute atomic E-state index is 12.9. The van der Waals surface area contributed by atoms with Gasteiger partial charge < -0.3 is 10.0 Å². The fourth-order valence-corrected chi connectivity index (χ4v) is 3.61. The molecule has 0 aliphatic heterocycles. The Balaban J connectivity index is 1.91. The fraction of sp³-hybridized carbons (Fsp3) is 0.231. The van der Waals surface area contributed by atoms with E-state index in [1.807, 2.05) is 72.5 Å². The number of carboxylic acids is 1. The Morgan fingerprint density at radius 1 is 0.900 bits per heavy atom. The molecule has 3 aromatic carbocycles. The average molecular weight is 402 g/mol. The Labute approximate surface area is 177 Å². The molecule has 0 bridgehead atoms. The maximum atomic E-state index is 12.9. The van der Waals surface area contributed by atoms with Gasteiger partial charge in [-0.3, -0.25) is 4.79 Å². The SMILES string of the molecule is CCCCC(=O)N(Cc1ccc(-c2ccccc2C(=O)O)c(C)c1)c1ccccc1. The Hall–Kier alpha value is -3.40. The molecule has 30 heavy (non-hydrogen) atoms. The first-order valence-electron chi connectivity index (χ1n) is 10.3. The second-order valence-corrected chi connectivity index (χ2v) is 7.42. The Morgan fingerprint density at radius 3 is 2.27 bits per heavy atom. The minimum atomic E-state index is -0.939. The topological polar surface area (TPSA) is 57.6 Å². The molecule has 0 unspecified atom stereocenters. The van der Waals surface area contributed by atoms with Gasteiger partial charge >= 0.3 is 5.97 Å². The predicted octanol–water partition coefficient (Wildman–Crippen LogP) is 6.08. The van der Waals surface area contributed by atoms with E-state index >= 15 is 0 Å². The van der Waals surface area contributed by atoms with Crippen molar-refractivity contribution in [3.63, 3.8) is 0 Å². The first-order chi connectivity index (χ1) is 14.5. The molecule has 0 aromatic heterocycles. The van der Waals surface area contributed by atoms with Crippen molar-refractivity contribution in [2.75, 3.05) is 4.90 Å². The lowest BCUT2D eigenvalue weighted by Gasteiger charge is -2.24. The minimum Gasteiger partial charge on any atom is -0.478 e. The van der Waals surface area contributed by atoms with E-state index in [4.69, 9.17) is 0 Å². The van der Waals surface area contributed by atoms with E-state index in [-0.39, 0.29) is 11.5 Å². The molecule has 0 heterocycles. The standard InChI is InChI=1S/C26H27NO3/c1-3-4-14-25(28)27(21-10-6-5-7-11-21)18-20-15-16-22(19(2)17-20)23-12-8-9-13-24(23)26(29)30/h5-13,15-17H,3-4,14,18H2,1-2H3,(H,29,30).